The minimum atomic E-state index is -3.94. The number of hydrogen-bond acceptors (Lipinski definition) is 3. The highest BCUT2D eigenvalue weighted by Crippen LogP contribution is 2.61. The van der Waals surface area contributed by atoms with Crippen LogP contribution >= 0.6 is 19.2 Å². The summed E-state index contributed by atoms with van der Waals surface area (Å²) in [6.45, 7) is 3.21. The lowest BCUT2D eigenvalue weighted by molar-refractivity contribution is 0.190. The Kier molecular flexibility index (Phi) is 5.73. The molecule has 1 atom stereocenters. The fraction of sp³-hybridized carbons (Fsp3) is 0.455. The van der Waals surface area contributed by atoms with Crippen molar-refractivity contribution >= 4 is 19.2 Å². The normalized spacial score (nSPS) is 13.6. The zero-order valence-corrected chi connectivity index (χ0v) is 11.7. The largest absolute Gasteiger partial charge is 0.369 e. The summed E-state index contributed by atoms with van der Waals surface area (Å²) >= 11 is 5.49. The van der Waals surface area contributed by atoms with E-state index < -0.39 is 19.3 Å². The molecule has 0 bridgehead atoms. The zero-order valence-electron chi connectivity index (χ0n) is 10.0. The van der Waals surface area contributed by atoms with Crippen LogP contribution in [0.3, 0.4) is 0 Å². The molecule has 0 aliphatic carbocycles. The van der Waals surface area contributed by atoms with Gasteiger partial charge in [0.15, 0.2) is 0 Å². The standard InChI is InChI=1S/C11H14ClF2O3P/c1-3-16-18(15,17-4-2)11(14)8-5-6-9(12)10(13)7-8/h5-7,11H,3-4H2,1-2H3/t11-/m0/s1. The molecule has 0 fully saturated rings. The molecule has 102 valence electrons. The number of halogens is 3. The molecule has 1 aromatic carbocycles. The molecule has 0 aromatic heterocycles. The molecule has 3 nitrogen and oxygen atoms in total. The molecule has 0 radical (unpaired) electrons. The van der Waals surface area contributed by atoms with Gasteiger partial charge in [-0.05, 0) is 26.0 Å². The molecule has 1 rings (SSSR count). The third-order valence-corrected chi connectivity index (χ3v) is 4.51. The van der Waals surface area contributed by atoms with Gasteiger partial charge in [0.05, 0.1) is 18.2 Å². The first-order chi connectivity index (χ1) is 8.44. The van der Waals surface area contributed by atoms with E-state index in [2.05, 4.69) is 0 Å². The minimum Gasteiger partial charge on any atom is -0.307 e. The summed E-state index contributed by atoms with van der Waals surface area (Å²) in [7, 11) is -3.94. The van der Waals surface area contributed by atoms with E-state index in [1.165, 1.54) is 12.1 Å². The first kappa shape index (κ1) is 15.6. The highest BCUT2D eigenvalue weighted by Gasteiger charge is 2.37. The summed E-state index contributed by atoms with van der Waals surface area (Å²) in [4.78, 5) is 0. The van der Waals surface area contributed by atoms with Crippen LogP contribution < -0.4 is 0 Å². The Bertz CT molecular complexity index is 446. The predicted octanol–water partition coefficient (Wildman–Crippen LogP) is 4.71. The van der Waals surface area contributed by atoms with Crippen LogP contribution in [0.2, 0.25) is 5.02 Å². The van der Waals surface area contributed by atoms with Gasteiger partial charge in [0, 0.05) is 5.56 Å². The number of hydrogen-bond donors (Lipinski definition) is 0. The fourth-order valence-electron chi connectivity index (χ4n) is 1.37. The first-order valence-electron chi connectivity index (χ1n) is 5.42. The molecular formula is C11H14ClF2O3P. The van der Waals surface area contributed by atoms with Crippen molar-refractivity contribution in [3.63, 3.8) is 0 Å². The summed E-state index contributed by atoms with van der Waals surface area (Å²) in [5.74, 6) is -2.82. The van der Waals surface area contributed by atoms with Gasteiger partial charge in [0.25, 0.3) is 0 Å². The number of rotatable bonds is 6. The van der Waals surface area contributed by atoms with Crippen molar-refractivity contribution in [1.29, 1.82) is 0 Å². The molecule has 0 heterocycles. The quantitative estimate of drug-likeness (QED) is 0.713. The van der Waals surface area contributed by atoms with Gasteiger partial charge in [-0.25, -0.2) is 8.78 Å². The molecule has 0 N–H and O–H groups in total. The van der Waals surface area contributed by atoms with E-state index >= 15 is 0 Å². The van der Waals surface area contributed by atoms with Crippen molar-refractivity contribution in [2.45, 2.75) is 19.8 Å². The van der Waals surface area contributed by atoms with E-state index in [1.54, 1.807) is 13.8 Å². The molecule has 18 heavy (non-hydrogen) atoms. The third kappa shape index (κ3) is 3.51. The highest BCUT2D eigenvalue weighted by molar-refractivity contribution is 7.54. The first-order valence-corrected chi connectivity index (χ1v) is 7.41. The third-order valence-electron chi connectivity index (χ3n) is 2.11. The molecule has 0 unspecified atom stereocenters. The maximum Gasteiger partial charge on any atom is 0.369 e. The Balaban J connectivity index is 3.05. The zero-order chi connectivity index (χ0) is 13.8. The van der Waals surface area contributed by atoms with Crippen LogP contribution in [0, 0.1) is 5.82 Å². The Hall–Kier alpha value is -0.480. The number of alkyl halides is 1. The lowest BCUT2D eigenvalue weighted by Crippen LogP contribution is -2.03. The second-order valence-electron chi connectivity index (χ2n) is 3.38. The average molecular weight is 299 g/mol. The number of benzene rings is 1. The SMILES string of the molecule is CCOP(=O)(OCC)[C@H](F)c1ccc(Cl)c(F)c1. The van der Waals surface area contributed by atoms with Crippen LogP contribution in [0.1, 0.15) is 25.3 Å². The van der Waals surface area contributed by atoms with E-state index in [0.717, 1.165) is 6.07 Å². The van der Waals surface area contributed by atoms with Crippen molar-refractivity contribution in [1.82, 2.24) is 0 Å². The Morgan fingerprint density at radius 3 is 2.33 bits per heavy atom. The van der Waals surface area contributed by atoms with Gasteiger partial charge in [0.1, 0.15) is 5.82 Å². The lowest BCUT2D eigenvalue weighted by atomic mass is 10.2. The monoisotopic (exact) mass is 298 g/mol. The van der Waals surface area contributed by atoms with Gasteiger partial charge in [-0.2, -0.15) is 0 Å². The summed E-state index contributed by atoms with van der Waals surface area (Å²) in [6, 6.07) is 3.33. The molecular weight excluding hydrogens is 285 g/mol. The smallest absolute Gasteiger partial charge is 0.307 e. The minimum absolute atomic E-state index is 0.0355. The van der Waals surface area contributed by atoms with E-state index in [1.807, 2.05) is 0 Å². The Morgan fingerprint density at radius 2 is 1.89 bits per heavy atom. The highest BCUT2D eigenvalue weighted by atomic mass is 35.5. The summed E-state index contributed by atoms with van der Waals surface area (Å²) < 4.78 is 49.2. The average Bonchev–Trinajstić information content (AvgIpc) is 2.32. The second-order valence-corrected chi connectivity index (χ2v) is 5.84. The molecule has 0 spiro atoms. The topological polar surface area (TPSA) is 35.5 Å². The summed E-state index contributed by atoms with van der Waals surface area (Å²) in [6.07, 6.45) is 0. The lowest BCUT2D eigenvalue weighted by Gasteiger charge is -2.20. The van der Waals surface area contributed by atoms with Gasteiger partial charge in [-0.15, -0.1) is 0 Å². The predicted molar refractivity (Wildman–Crippen MR) is 66.1 cm³/mol. The summed E-state index contributed by atoms with van der Waals surface area (Å²) in [5, 5.41) is -0.131. The van der Waals surface area contributed by atoms with Crippen molar-refractivity contribution < 1.29 is 22.4 Å². The van der Waals surface area contributed by atoms with Gasteiger partial charge in [-0.1, -0.05) is 17.7 Å². The fourth-order valence-corrected chi connectivity index (χ4v) is 3.07. The van der Waals surface area contributed by atoms with Crippen LogP contribution in [-0.2, 0) is 13.6 Å². The van der Waals surface area contributed by atoms with Crippen LogP contribution in [-0.4, -0.2) is 13.2 Å². The molecule has 7 heteroatoms. The molecule has 0 saturated heterocycles. The van der Waals surface area contributed by atoms with E-state index in [4.69, 9.17) is 20.6 Å². The van der Waals surface area contributed by atoms with Gasteiger partial charge in [-0.3, -0.25) is 4.57 Å². The van der Waals surface area contributed by atoms with Crippen LogP contribution in [0.25, 0.3) is 0 Å². The molecule has 0 aliphatic heterocycles. The van der Waals surface area contributed by atoms with Crippen molar-refractivity contribution in [3.05, 3.63) is 34.6 Å². The Labute approximate surface area is 110 Å². The van der Waals surface area contributed by atoms with Crippen LogP contribution in [0.15, 0.2) is 18.2 Å². The maximum atomic E-state index is 14.1. The molecule has 1 aromatic rings. The van der Waals surface area contributed by atoms with E-state index in [9.17, 15) is 13.3 Å². The van der Waals surface area contributed by atoms with Crippen molar-refractivity contribution in [3.8, 4) is 0 Å². The van der Waals surface area contributed by atoms with E-state index in [0.29, 0.717) is 0 Å². The molecule has 0 saturated carbocycles. The molecule has 0 amide bonds. The van der Waals surface area contributed by atoms with Gasteiger partial charge >= 0.3 is 7.60 Å². The maximum absolute atomic E-state index is 14.1. The van der Waals surface area contributed by atoms with Crippen LogP contribution in [0.5, 0.6) is 0 Å². The van der Waals surface area contributed by atoms with Gasteiger partial charge < -0.3 is 9.05 Å². The van der Waals surface area contributed by atoms with Crippen molar-refractivity contribution in [2.75, 3.05) is 13.2 Å². The Morgan fingerprint density at radius 1 is 1.33 bits per heavy atom. The second kappa shape index (κ2) is 6.62. The molecule has 0 aliphatic rings. The van der Waals surface area contributed by atoms with Crippen LogP contribution in [0.4, 0.5) is 8.78 Å². The van der Waals surface area contributed by atoms with E-state index in [-0.39, 0.29) is 23.8 Å². The summed E-state index contributed by atoms with van der Waals surface area (Å²) in [5.41, 5.74) is -0.123. The van der Waals surface area contributed by atoms with Crippen molar-refractivity contribution in [2.24, 2.45) is 0 Å². The van der Waals surface area contributed by atoms with Gasteiger partial charge in [0.2, 0.25) is 5.91 Å².